The van der Waals surface area contributed by atoms with E-state index in [0.717, 1.165) is 35.1 Å². The van der Waals surface area contributed by atoms with E-state index in [1.165, 1.54) is 6.08 Å². The van der Waals surface area contributed by atoms with Crippen molar-refractivity contribution < 1.29 is 29.6 Å². The van der Waals surface area contributed by atoms with E-state index in [-0.39, 0.29) is 31.6 Å². The number of rotatable bonds is 13. The van der Waals surface area contributed by atoms with Crippen LogP contribution in [-0.4, -0.2) is 46.7 Å². The summed E-state index contributed by atoms with van der Waals surface area (Å²) in [6.45, 7) is 11.0. The Balaban J connectivity index is 3.49. The molecular weight excluding hydrogens is 432 g/mol. The molecule has 0 aromatic heterocycles. The highest BCUT2D eigenvalue weighted by Crippen LogP contribution is 2.45. The average Bonchev–Trinajstić information content (AvgIpc) is 2.77. The Morgan fingerprint density at radius 3 is 2.09 bits per heavy atom. The van der Waals surface area contributed by atoms with Gasteiger partial charge >= 0.3 is 0 Å². The molecule has 6 heteroatoms. The van der Waals surface area contributed by atoms with Gasteiger partial charge in [0.25, 0.3) is 0 Å². The molecule has 0 aromatic rings. The Morgan fingerprint density at radius 1 is 0.912 bits per heavy atom. The number of hydrogen-bond donors (Lipinski definition) is 3. The smallest absolute Gasteiger partial charge is 0.195 e. The van der Waals surface area contributed by atoms with Gasteiger partial charge in [-0.2, -0.15) is 0 Å². The predicted octanol–water partition coefficient (Wildman–Crippen LogP) is 5.21. The summed E-state index contributed by atoms with van der Waals surface area (Å²) >= 11 is 0. The van der Waals surface area contributed by atoms with Crippen LogP contribution in [0.4, 0.5) is 0 Å². The zero-order chi connectivity index (χ0) is 25.9. The zero-order valence-electron chi connectivity index (χ0n) is 21.4. The molecule has 0 amide bonds. The first-order chi connectivity index (χ1) is 16.0. The maximum absolute atomic E-state index is 13.8. The number of carbonyl (C=O) groups is 2. The molecule has 3 N–H and O–H groups in total. The van der Waals surface area contributed by atoms with E-state index in [1.807, 2.05) is 65.8 Å². The predicted molar refractivity (Wildman–Crippen MR) is 135 cm³/mol. The number of allylic oxidation sites excluding steroid dienone is 8. The van der Waals surface area contributed by atoms with Gasteiger partial charge in [0.15, 0.2) is 11.6 Å². The molecule has 0 heterocycles. The van der Waals surface area contributed by atoms with Gasteiger partial charge in [0.2, 0.25) is 0 Å². The lowest BCUT2D eigenvalue weighted by molar-refractivity contribution is -0.129. The molecule has 1 atom stereocenters. The highest BCUT2D eigenvalue weighted by molar-refractivity contribution is 6.24. The fraction of sp³-hybridized carbons (Fsp3) is 0.500. The Hall–Kier alpha value is -2.70. The molecule has 0 fully saturated rings. The Bertz CT molecular complexity index is 934. The van der Waals surface area contributed by atoms with Crippen molar-refractivity contribution in [2.24, 2.45) is 5.41 Å². The topological polar surface area (TPSA) is 104 Å². The molecule has 1 rings (SSSR count). The zero-order valence-corrected chi connectivity index (χ0v) is 21.4. The molecule has 0 saturated carbocycles. The van der Waals surface area contributed by atoms with Gasteiger partial charge in [-0.1, -0.05) is 40.5 Å². The molecule has 0 radical (unpaired) electrons. The van der Waals surface area contributed by atoms with Gasteiger partial charge in [-0.25, -0.2) is 0 Å². The van der Waals surface area contributed by atoms with Gasteiger partial charge in [-0.3, -0.25) is 9.59 Å². The highest BCUT2D eigenvalue weighted by atomic mass is 16.5. The van der Waals surface area contributed by atoms with Crippen molar-refractivity contribution in [3.8, 4) is 0 Å². The number of Topliss-reactive ketones (excluding diaryl/α,β-unsaturated/α-hetero) is 2. The van der Waals surface area contributed by atoms with Crippen LogP contribution in [0.5, 0.6) is 0 Å². The van der Waals surface area contributed by atoms with Gasteiger partial charge in [0.1, 0.15) is 30.3 Å². The SMILES string of the molecule is CC(C)=CCOC1=CC(O)=C(C(=O)CO)C(=O)C1(CC=C(C)C)CC=C(C)CCC=C(C)CO. The number of carbonyl (C=O) groups excluding carboxylic acids is 2. The lowest BCUT2D eigenvalue weighted by Crippen LogP contribution is -2.40. The van der Waals surface area contributed by atoms with E-state index >= 15 is 0 Å². The molecular formula is C28H40O6. The summed E-state index contributed by atoms with van der Waals surface area (Å²) in [6, 6.07) is 0. The number of aliphatic hydroxyl groups excluding tert-OH is 3. The summed E-state index contributed by atoms with van der Waals surface area (Å²) in [6.07, 6.45) is 11.2. The first-order valence-electron chi connectivity index (χ1n) is 11.6. The van der Waals surface area contributed by atoms with Gasteiger partial charge in [-0.15, -0.1) is 0 Å². The molecule has 1 aliphatic rings. The number of aliphatic hydroxyl groups is 3. The second-order valence-corrected chi connectivity index (χ2v) is 9.34. The van der Waals surface area contributed by atoms with Crippen LogP contribution in [0.25, 0.3) is 0 Å². The van der Waals surface area contributed by atoms with Crippen LogP contribution in [0.15, 0.2) is 69.8 Å². The highest BCUT2D eigenvalue weighted by Gasteiger charge is 2.48. The van der Waals surface area contributed by atoms with Crippen molar-refractivity contribution in [1.82, 2.24) is 0 Å². The number of hydrogen-bond acceptors (Lipinski definition) is 6. The van der Waals surface area contributed by atoms with E-state index in [4.69, 9.17) is 9.84 Å². The number of ether oxygens (including phenoxy) is 1. The number of ketones is 2. The monoisotopic (exact) mass is 472 g/mol. The van der Waals surface area contributed by atoms with Crippen molar-refractivity contribution in [2.45, 2.75) is 67.2 Å². The molecule has 0 aliphatic heterocycles. The summed E-state index contributed by atoms with van der Waals surface area (Å²) in [5, 5.41) is 29.1. The third-order valence-corrected chi connectivity index (χ3v) is 5.75. The van der Waals surface area contributed by atoms with E-state index in [1.54, 1.807) is 0 Å². The molecule has 34 heavy (non-hydrogen) atoms. The molecule has 0 aromatic carbocycles. The van der Waals surface area contributed by atoms with Crippen molar-refractivity contribution >= 4 is 11.6 Å². The van der Waals surface area contributed by atoms with Crippen molar-refractivity contribution in [1.29, 1.82) is 0 Å². The minimum Gasteiger partial charge on any atom is -0.507 e. The minimum atomic E-state index is -1.21. The van der Waals surface area contributed by atoms with Crippen molar-refractivity contribution in [2.75, 3.05) is 19.8 Å². The fourth-order valence-electron chi connectivity index (χ4n) is 3.54. The minimum absolute atomic E-state index is 0.0255. The molecule has 188 valence electrons. The Kier molecular flexibility index (Phi) is 12.0. The average molecular weight is 473 g/mol. The van der Waals surface area contributed by atoms with E-state index < -0.39 is 29.3 Å². The van der Waals surface area contributed by atoms with Gasteiger partial charge in [0, 0.05) is 6.08 Å². The van der Waals surface area contributed by atoms with Crippen LogP contribution >= 0.6 is 0 Å². The first kappa shape index (κ1) is 29.3. The van der Waals surface area contributed by atoms with Gasteiger partial charge in [0.05, 0.1) is 12.0 Å². The Labute approximate surface area is 203 Å². The Morgan fingerprint density at radius 2 is 1.53 bits per heavy atom. The van der Waals surface area contributed by atoms with Crippen LogP contribution < -0.4 is 0 Å². The third-order valence-electron chi connectivity index (χ3n) is 5.75. The normalized spacial score (nSPS) is 19.1. The maximum Gasteiger partial charge on any atom is 0.195 e. The maximum atomic E-state index is 13.8. The molecule has 1 unspecified atom stereocenters. The molecule has 0 bridgehead atoms. The van der Waals surface area contributed by atoms with Crippen molar-refractivity contribution in [3.63, 3.8) is 0 Å². The first-order valence-corrected chi connectivity index (χ1v) is 11.6. The summed E-state index contributed by atoms with van der Waals surface area (Å²) in [4.78, 5) is 26.1. The molecule has 6 nitrogen and oxygen atoms in total. The summed E-state index contributed by atoms with van der Waals surface area (Å²) in [5.74, 6) is -1.53. The van der Waals surface area contributed by atoms with E-state index in [9.17, 15) is 19.8 Å². The van der Waals surface area contributed by atoms with Crippen LogP contribution in [0.1, 0.15) is 67.2 Å². The standard InChI is InChI=1S/C28H40O6/c1-19(2)10-13-28(14-11-21(5)8-7-9-22(6)17-29)25(34-15-12-20(3)4)16-23(31)26(27(28)33)24(32)18-30/h9-12,16,29-31H,7-8,13-15,17-18H2,1-6H3. The summed E-state index contributed by atoms with van der Waals surface area (Å²) in [7, 11) is 0. The second kappa shape index (κ2) is 13.9. The summed E-state index contributed by atoms with van der Waals surface area (Å²) < 4.78 is 6.00. The molecule has 1 aliphatic carbocycles. The van der Waals surface area contributed by atoms with Crippen LogP contribution in [-0.2, 0) is 14.3 Å². The third kappa shape index (κ3) is 8.26. The molecule has 0 spiro atoms. The largest absolute Gasteiger partial charge is 0.507 e. The van der Waals surface area contributed by atoms with Crippen LogP contribution in [0, 0.1) is 5.41 Å². The lowest BCUT2D eigenvalue weighted by atomic mass is 9.69. The van der Waals surface area contributed by atoms with Crippen molar-refractivity contribution in [3.05, 3.63) is 69.8 Å². The van der Waals surface area contributed by atoms with Gasteiger partial charge in [-0.05, 0) is 73.3 Å². The fourth-order valence-corrected chi connectivity index (χ4v) is 3.54. The quantitative estimate of drug-likeness (QED) is 0.251. The molecule has 0 saturated heterocycles. The van der Waals surface area contributed by atoms with Gasteiger partial charge < -0.3 is 20.1 Å². The van der Waals surface area contributed by atoms with E-state index in [2.05, 4.69) is 0 Å². The lowest BCUT2D eigenvalue weighted by Gasteiger charge is -2.36. The second-order valence-electron chi connectivity index (χ2n) is 9.34. The van der Waals surface area contributed by atoms with Crippen LogP contribution in [0.3, 0.4) is 0 Å². The van der Waals surface area contributed by atoms with E-state index in [0.29, 0.717) is 5.76 Å². The summed E-state index contributed by atoms with van der Waals surface area (Å²) in [5.41, 5.74) is 2.43. The van der Waals surface area contributed by atoms with Crippen LogP contribution in [0.2, 0.25) is 0 Å².